The van der Waals surface area contributed by atoms with Crippen LogP contribution in [0.5, 0.6) is 0 Å². The molecule has 96 valence electrons. The Morgan fingerprint density at radius 3 is 2.00 bits per heavy atom. The molecule has 0 saturated heterocycles. The van der Waals surface area contributed by atoms with Gasteiger partial charge in [0.2, 0.25) is 0 Å². The molecule has 0 spiro atoms. The number of hydrogen-bond acceptors (Lipinski definition) is 0. The van der Waals surface area contributed by atoms with E-state index >= 15 is 0 Å². The van der Waals surface area contributed by atoms with E-state index in [1.54, 1.807) is 0 Å². The molecular weight excluding hydrogens is 192 g/mol. The zero-order chi connectivity index (χ0) is 11.6. The monoisotopic (exact) mass is 224 g/mol. The third kappa shape index (κ3) is 5.92. The van der Waals surface area contributed by atoms with Gasteiger partial charge in [-0.05, 0) is 11.8 Å². The molecule has 16 heavy (non-hydrogen) atoms. The van der Waals surface area contributed by atoms with Gasteiger partial charge in [-0.15, -0.1) is 0 Å². The van der Waals surface area contributed by atoms with Crippen LogP contribution < -0.4 is 0 Å². The first-order valence-electron chi connectivity index (χ1n) is 7.84. The van der Waals surface area contributed by atoms with Gasteiger partial charge in [0, 0.05) is 0 Å². The second kappa shape index (κ2) is 9.07. The number of unbranched alkanes of at least 4 members (excludes halogenated alkanes) is 7. The summed E-state index contributed by atoms with van der Waals surface area (Å²) in [6.45, 7) is 4.76. The van der Waals surface area contributed by atoms with Crippen molar-refractivity contribution >= 4 is 0 Å². The van der Waals surface area contributed by atoms with Crippen LogP contribution >= 0.6 is 0 Å². The highest BCUT2D eigenvalue weighted by Gasteiger charge is 2.22. The summed E-state index contributed by atoms with van der Waals surface area (Å²) in [6, 6.07) is 0. The zero-order valence-electron chi connectivity index (χ0n) is 11.6. The van der Waals surface area contributed by atoms with Crippen molar-refractivity contribution in [3.8, 4) is 0 Å². The van der Waals surface area contributed by atoms with Crippen LogP contribution in [0.15, 0.2) is 0 Å². The van der Waals surface area contributed by atoms with Crippen LogP contribution in [0.4, 0.5) is 0 Å². The van der Waals surface area contributed by atoms with Gasteiger partial charge in [-0.3, -0.25) is 0 Å². The molecule has 0 amide bonds. The SMILES string of the molecule is CCCCCCCCCCC1CCC[C@H]1C. The lowest BCUT2D eigenvalue weighted by molar-refractivity contribution is 0.373. The fourth-order valence-corrected chi connectivity index (χ4v) is 3.19. The summed E-state index contributed by atoms with van der Waals surface area (Å²) in [5.74, 6) is 2.12. The standard InChI is InChI=1S/C16H32/c1-3-4-5-6-7-8-9-10-13-16-14-11-12-15(16)2/h15-16H,3-14H2,1-2H3/t15-,16?/m1/s1. The van der Waals surface area contributed by atoms with E-state index in [2.05, 4.69) is 13.8 Å². The molecule has 0 bridgehead atoms. The Labute approximate surface area is 103 Å². The van der Waals surface area contributed by atoms with Crippen LogP contribution in [-0.4, -0.2) is 0 Å². The van der Waals surface area contributed by atoms with Crippen LogP contribution in [0, 0.1) is 11.8 Å². The molecule has 0 aromatic carbocycles. The third-order valence-corrected chi connectivity index (χ3v) is 4.47. The van der Waals surface area contributed by atoms with Gasteiger partial charge in [-0.1, -0.05) is 90.9 Å². The number of hydrogen-bond donors (Lipinski definition) is 0. The Bertz CT molecular complexity index is 150. The maximum atomic E-state index is 2.46. The molecule has 0 aromatic rings. The first-order chi connectivity index (χ1) is 7.84. The highest BCUT2D eigenvalue weighted by atomic mass is 14.3. The summed E-state index contributed by atoms with van der Waals surface area (Å²) in [5, 5.41) is 0. The minimum Gasteiger partial charge on any atom is -0.0654 e. The fourth-order valence-electron chi connectivity index (χ4n) is 3.19. The predicted molar refractivity (Wildman–Crippen MR) is 73.7 cm³/mol. The molecule has 1 rings (SSSR count). The van der Waals surface area contributed by atoms with E-state index in [1.807, 2.05) is 0 Å². The minimum absolute atomic E-state index is 1.03. The summed E-state index contributed by atoms with van der Waals surface area (Å²) >= 11 is 0. The molecular formula is C16H32. The lowest BCUT2D eigenvalue weighted by Gasteiger charge is -2.14. The van der Waals surface area contributed by atoms with Crippen molar-refractivity contribution in [1.82, 2.24) is 0 Å². The van der Waals surface area contributed by atoms with Gasteiger partial charge in [-0.2, -0.15) is 0 Å². The smallest absolute Gasteiger partial charge is 0.0388 e. The Hall–Kier alpha value is 0. The van der Waals surface area contributed by atoms with Crippen molar-refractivity contribution < 1.29 is 0 Å². The van der Waals surface area contributed by atoms with Crippen LogP contribution in [0.3, 0.4) is 0 Å². The summed E-state index contributed by atoms with van der Waals surface area (Å²) < 4.78 is 0. The maximum Gasteiger partial charge on any atom is -0.0388 e. The van der Waals surface area contributed by atoms with E-state index < -0.39 is 0 Å². The van der Waals surface area contributed by atoms with E-state index in [0.29, 0.717) is 0 Å². The molecule has 0 aliphatic heterocycles. The van der Waals surface area contributed by atoms with E-state index in [-0.39, 0.29) is 0 Å². The lowest BCUT2D eigenvalue weighted by atomic mass is 9.92. The van der Waals surface area contributed by atoms with Crippen LogP contribution in [0.1, 0.15) is 90.9 Å². The predicted octanol–water partition coefficient (Wildman–Crippen LogP) is 5.95. The Morgan fingerprint density at radius 1 is 0.812 bits per heavy atom. The van der Waals surface area contributed by atoms with Crippen molar-refractivity contribution in [1.29, 1.82) is 0 Å². The highest BCUT2D eigenvalue weighted by Crippen LogP contribution is 2.34. The third-order valence-electron chi connectivity index (χ3n) is 4.47. The molecule has 0 aromatic heterocycles. The molecule has 0 heterocycles. The molecule has 0 nitrogen and oxygen atoms in total. The van der Waals surface area contributed by atoms with Gasteiger partial charge >= 0.3 is 0 Å². The first kappa shape index (κ1) is 14.1. The zero-order valence-corrected chi connectivity index (χ0v) is 11.6. The van der Waals surface area contributed by atoms with Gasteiger partial charge in [0.15, 0.2) is 0 Å². The minimum atomic E-state index is 1.03. The normalized spacial score (nSPS) is 25.1. The second-order valence-corrected chi connectivity index (χ2v) is 5.93. The van der Waals surface area contributed by atoms with Gasteiger partial charge in [0.05, 0.1) is 0 Å². The average molecular weight is 224 g/mol. The fraction of sp³-hybridized carbons (Fsp3) is 1.00. The molecule has 0 radical (unpaired) electrons. The summed E-state index contributed by atoms with van der Waals surface area (Å²) in [6.07, 6.45) is 17.8. The van der Waals surface area contributed by atoms with Crippen molar-refractivity contribution in [2.75, 3.05) is 0 Å². The van der Waals surface area contributed by atoms with Crippen LogP contribution in [-0.2, 0) is 0 Å². The molecule has 1 fully saturated rings. The average Bonchev–Trinajstić information content (AvgIpc) is 2.68. The molecule has 1 aliphatic rings. The lowest BCUT2D eigenvalue weighted by Crippen LogP contribution is -2.03. The van der Waals surface area contributed by atoms with Crippen molar-refractivity contribution in [2.24, 2.45) is 11.8 Å². The van der Waals surface area contributed by atoms with Crippen molar-refractivity contribution in [3.63, 3.8) is 0 Å². The Balaban J connectivity index is 1.81. The summed E-state index contributed by atoms with van der Waals surface area (Å²) in [7, 11) is 0. The summed E-state index contributed by atoms with van der Waals surface area (Å²) in [4.78, 5) is 0. The summed E-state index contributed by atoms with van der Waals surface area (Å²) in [5.41, 5.74) is 0. The molecule has 0 heteroatoms. The van der Waals surface area contributed by atoms with Crippen molar-refractivity contribution in [3.05, 3.63) is 0 Å². The molecule has 0 N–H and O–H groups in total. The van der Waals surface area contributed by atoms with Crippen LogP contribution in [0.25, 0.3) is 0 Å². The molecule has 1 unspecified atom stereocenters. The van der Waals surface area contributed by atoms with E-state index in [4.69, 9.17) is 0 Å². The van der Waals surface area contributed by atoms with Crippen molar-refractivity contribution in [2.45, 2.75) is 90.9 Å². The van der Waals surface area contributed by atoms with E-state index in [9.17, 15) is 0 Å². The maximum absolute atomic E-state index is 2.46. The topological polar surface area (TPSA) is 0 Å². The Kier molecular flexibility index (Phi) is 7.98. The van der Waals surface area contributed by atoms with Gasteiger partial charge in [0.1, 0.15) is 0 Å². The van der Waals surface area contributed by atoms with E-state index in [1.165, 1.54) is 77.0 Å². The molecule has 1 saturated carbocycles. The van der Waals surface area contributed by atoms with Gasteiger partial charge in [-0.25, -0.2) is 0 Å². The molecule has 1 aliphatic carbocycles. The second-order valence-electron chi connectivity index (χ2n) is 5.93. The van der Waals surface area contributed by atoms with E-state index in [0.717, 1.165) is 11.8 Å². The number of rotatable bonds is 9. The van der Waals surface area contributed by atoms with Gasteiger partial charge in [0.25, 0.3) is 0 Å². The van der Waals surface area contributed by atoms with Gasteiger partial charge < -0.3 is 0 Å². The largest absolute Gasteiger partial charge is 0.0654 e. The quantitative estimate of drug-likeness (QED) is 0.424. The highest BCUT2D eigenvalue weighted by molar-refractivity contribution is 4.73. The first-order valence-corrected chi connectivity index (χ1v) is 7.84. The molecule has 2 atom stereocenters. The Morgan fingerprint density at radius 2 is 1.44 bits per heavy atom. The van der Waals surface area contributed by atoms with Crippen LogP contribution in [0.2, 0.25) is 0 Å².